The molecule has 1 aromatic carbocycles. The lowest BCUT2D eigenvalue weighted by atomic mass is 10.1. The second-order valence-electron chi connectivity index (χ2n) is 4.09. The molecule has 0 aromatic heterocycles. The molecule has 18 heavy (non-hydrogen) atoms. The zero-order valence-corrected chi connectivity index (χ0v) is 10.5. The average Bonchev–Trinajstić information content (AvgIpc) is 2.39. The minimum absolute atomic E-state index is 0.158. The van der Waals surface area contributed by atoms with Crippen LogP contribution in [0.2, 0.25) is 5.02 Å². The Kier molecular flexibility index (Phi) is 4.04. The number of carbonyl (C=O) groups excluding carboxylic acids is 1. The molecule has 0 bridgehead atoms. The number of hydrogen-bond acceptors (Lipinski definition) is 3. The molecule has 5 nitrogen and oxygen atoms in total. The van der Waals surface area contributed by atoms with Crippen molar-refractivity contribution in [2.45, 2.75) is 12.8 Å². The highest BCUT2D eigenvalue weighted by molar-refractivity contribution is 6.30. The van der Waals surface area contributed by atoms with Crippen LogP contribution in [0.3, 0.4) is 0 Å². The molecule has 1 fully saturated rings. The van der Waals surface area contributed by atoms with Crippen molar-refractivity contribution in [2.24, 2.45) is 5.16 Å². The predicted octanol–water partition coefficient (Wildman–Crippen LogP) is 2.80. The van der Waals surface area contributed by atoms with Gasteiger partial charge in [-0.3, -0.25) is 0 Å². The molecule has 2 amide bonds. The standard InChI is InChI=1S/C12H14ClN3O2/c13-9-2-1-3-11(8-9)14-12(17)16-6-4-10(15-18)5-7-16/h1-3,8,18H,4-7H2,(H,14,17). The van der Waals surface area contributed by atoms with Gasteiger partial charge in [-0.05, 0) is 18.2 Å². The summed E-state index contributed by atoms with van der Waals surface area (Å²) in [6.07, 6.45) is 1.22. The zero-order chi connectivity index (χ0) is 13.0. The van der Waals surface area contributed by atoms with Gasteiger partial charge in [0.2, 0.25) is 0 Å². The first-order chi connectivity index (χ1) is 8.69. The fourth-order valence-corrected chi connectivity index (χ4v) is 2.03. The van der Waals surface area contributed by atoms with Gasteiger partial charge in [0, 0.05) is 36.6 Å². The second kappa shape index (κ2) is 5.73. The summed E-state index contributed by atoms with van der Waals surface area (Å²) >= 11 is 5.84. The molecule has 2 rings (SSSR count). The molecule has 1 heterocycles. The highest BCUT2D eigenvalue weighted by Gasteiger charge is 2.20. The molecule has 1 aliphatic heterocycles. The lowest BCUT2D eigenvalue weighted by Crippen LogP contribution is -2.41. The summed E-state index contributed by atoms with van der Waals surface area (Å²) in [6.45, 7) is 1.12. The van der Waals surface area contributed by atoms with Gasteiger partial charge in [-0.1, -0.05) is 22.8 Å². The zero-order valence-electron chi connectivity index (χ0n) is 9.77. The second-order valence-corrected chi connectivity index (χ2v) is 4.53. The molecule has 0 atom stereocenters. The molecule has 2 N–H and O–H groups in total. The van der Waals surface area contributed by atoms with Gasteiger partial charge in [-0.2, -0.15) is 0 Å². The largest absolute Gasteiger partial charge is 0.411 e. The summed E-state index contributed by atoms with van der Waals surface area (Å²) in [5.74, 6) is 0. The normalized spacial score (nSPS) is 15.4. The summed E-state index contributed by atoms with van der Waals surface area (Å²) in [5.41, 5.74) is 1.41. The van der Waals surface area contributed by atoms with Crippen LogP contribution in [0.4, 0.5) is 10.5 Å². The number of oxime groups is 1. The summed E-state index contributed by atoms with van der Waals surface area (Å²) < 4.78 is 0. The first kappa shape index (κ1) is 12.7. The maximum absolute atomic E-state index is 11.9. The van der Waals surface area contributed by atoms with Crippen LogP contribution >= 0.6 is 11.6 Å². The van der Waals surface area contributed by atoms with E-state index < -0.39 is 0 Å². The number of anilines is 1. The van der Waals surface area contributed by atoms with E-state index in [1.165, 1.54) is 0 Å². The Hall–Kier alpha value is -1.75. The van der Waals surface area contributed by atoms with E-state index in [1.807, 2.05) is 0 Å². The van der Waals surface area contributed by atoms with E-state index in [4.69, 9.17) is 16.8 Å². The van der Waals surface area contributed by atoms with Crippen LogP contribution in [-0.2, 0) is 0 Å². The van der Waals surface area contributed by atoms with Crippen LogP contribution in [0, 0.1) is 0 Å². The maximum Gasteiger partial charge on any atom is 0.321 e. The first-order valence-corrected chi connectivity index (χ1v) is 6.08. The molecular formula is C12H14ClN3O2. The van der Waals surface area contributed by atoms with Gasteiger partial charge in [-0.25, -0.2) is 4.79 Å². The van der Waals surface area contributed by atoms with E-state index in [2.05, 4.69) is 10.5 Å². The predicted molar refractivity (Wildman–Crippen MR) is 70.5 cm³/mol. The van der Waals surface area contributed by atoms with E-state index >= 15 is 0 Å². The van der Waals surface area contributed by atoms with Crippen molar-refractivity contribution in [3.05, 3.63) is 29.3 Å². The molecule has 0 saturated carbocycles. The van der Waals surface area contributed by atoms with Gasteiger partial charge in [0.05, 0.1) is 5.71 Å². The number of likely N-dealkylation sites (tertiary alicyclic amines) is 1. The van der Waals surface area contributed by atoms with Crippen LogP contribution in [0.1, 0.15) is 12.8 Å². The Morgan fingerprint density at radius 1 is 1.39 bits per heavy atom. The van der Waals surface area contributed by atoms with Crippen LogP contribution < -0.4 is 5.32 Å². The number of urea groups is 1. The van der Waals surface area contributed by atoms with Crippen molar-refractivity contribution < 1.29 is 10.0 Å². The van der Waals surface area contributed by atoms with E-state index in [9.17, 15) is 4.79 Å². The van der Waals surface area contributed by atoms with Gasteiger partial charge in [0.1, 0.15) is 0 Å². The molecule has 1 aliphatic rings. The Bertz CT molecular complexity index is 466. The van der Waals surface area contributed by atoms with E-state index in [0.717, 1.165) is 5.71 Å². The monoisotopic (exact) mass is 267 g/mol. The lowest BCUT2D eigenvalue weighted by Gasteiger charge is -2.27. The van der Waals surface area contributed by atoms with Crippen molar-refractivity contribution in [1.29, 1.82) is 0 Å². The minimum atomic E-state index is -0.158. The number of nitrogens with one attached hydrogen (secondary N) is 1. The van der Waals surface area contributed by atoms with E-state index in [1.54, 1.807) is 29.2 Å². The fourth-order valence-electron chi connectivity index (χ4n) is 1.84. The van der Waals surface area contributed by atoms with Gasteiger partial charge in [-0.15, -0.1) is 0 Å². The van der Waals surface area contributed by atoms with E-state index in [0.29, 0.717) is 36.6 Å². The Morgan fingerprint density at radius 3 is 2.72 bits per heavy atom. The van der Waals surface area contributed by atoms with Crippen molar-refractivity contribution in [3.63, 3.8) is 0 Å². The average molecular weight is 268 g/mol. The van der Waals surface area contributed by atoms with Gasteiger partial charge >= 0.3 is 6.03 Å². The molecule has 0 radical (unpaired) electrons. The van der Waals surface area contributed by atoms with Gasteiger partial charge < -0.3 is 15.4 Å². The SMILES string of the molecule is O=C(Nc1cccc(Cl)c1)N1CCC(=NO)CC1. The molecule has 0 aliphatic carbocycles. The molecule has 0 spiro atoms. The minimum Gasteiger partial charge on any atom is -0.411 e. The number of carbonyl (C=O) groups is 1. The molecule has 0 unspecified atom stereocenters. The maximum atomic E-state index is 11.9. The molecule has 1 saturated heterocycles. The highest BCUT2D eigenvalue weighted by Crippen LogP contribution is 2.16. The van der Waals surface area contributed by atoms with Crippen LogP contribution in [0.5, 0.6) is 0 Å². The summed E-state index contributed by atoms with van der Waals surface area (Å²) in [7, 11) is 0. The van der Waals surface area contributed by atoms with Crippen LogP contribution in [0.25, 0.3) is 0 Å². The van der Waals surface area contributed by atoms with E-state index in [-0.39, 0.29) is 6.03 Å². The molecule has 6 heteroatoms. The third-order valence-electron chi connectivity index (χ3n) is 2.85. The van der Waals surface area contributed by atoms with Crippen molar-refractivity contribution >= 4 is 29.0 Å². The number of nitrogens with zero attached hydrogens (tertiary/aromatic N) is 2. The number of amides is 2. The smallest absolute Gasteiger partial charge is 0.321 e. The van der Waals surface area contributed by atoms with Crippen molar-refractivity contribution in [3.8, 4) is 0 Å². The highest BCUT2D eigenvalue weighted by atomic mass is 35.5. The Labute approximate surface area is 110 Å². The number of benzene rings is 1. The summed E-state index contributed by atoms with van der Waals surface area (Å²) in [6, 6.07) is 6.86. The van der Waals surface area contributed by atoms with Crippen LogP contribution in [0.15, 0.2) is 29.4 Å². The third-order valence-corrected chi connectivity index (χ3v) is 3.08. The summed E-state index contributed by atoms with van der Waals surface area (Å²) in [4.78, 5) is 13.6. The first-order valence-electron chi connectivity index (χ1n) is 5.70. The number of halogens is 1. The lowest BCUT2D eigenvalue weighted by molar-refractivity contribution is 0.210. The topological polar surface area (TPSA) is 64.9 Å². The summed E-state index contributed by atoms with van der Waals surface area (Å²) in [5, 5.41) is 15.2. The van der Waals surface area contributed by atoms with Gasteiger partial charge in [0.25, 0.3) is 0 Å². The quantitative estimate of drug-likeness (QED) is 0.607. The molecular weight excluding hydrogens is 254 g/mol. The third kappa shape index (κ3) is 3.13. The Balaban J connectivity index is 1.93. The van der Waals surface area contributed by atoms with Crippen molar-refractivity contribution in [2.75, 3.05) is 18.4 Å². The van der Waals surface area contributed by atoms with Crippen molar-refractivity contribution in [1.82, 2.24) is 4.90 Å². The number of rotatable bonds is 1. The molecule has 1 aromatic rings. The van der Waals surface area contributed by atoms with Gasteiger partial charge in [0.15, 0.2) is 0 Å². The fraction of sp³-hybridized carbons (Fsp3) is 0.333. The Morgan fingerprint density at radius 2 is 2.11 bits per heavy atom. The number of piperidine rings is 1. The number of hydrogen-bond donors (Lipinski definition) is 2. The van der Waals surface area contributed by atoms with Crippen LogP contribution in [-0.4, -0.2) is 34.9 Å². The molecule has 96 valence electrons.